The molecule has 24 heavy (non-hydrogen) atoms. The van der Waals surface area contributed by atoms with Crippen LogP contribution in [-0.4, -0.2) is 28.4 Å². The first-order valence-electron chi connectivity index (χ1n) is 7.91. The van der Waals surface area contributed by atoms with Crippen LogP contribution in [0, 0.1) is 0 Å². The molecule has 0 aromatic heterocycles. The molecule has 1 aliphatic rings. The number of carbonyl (C=O) groups excluding carboxylic acids is 1. The smallest absolute Gasteiger partial charge is 0.335 e. The van der Waals surface area contributed by atoms with Gasteiger partial charge in [0, 0.05) is 24.0 Å². The van der Waals surface area contributed by atoms with Gasteiger partial charge in [0.1, 0.15) is 0 Å². The number of nitrogens with zero attached hydrogens (tertiary/aromatic N) is 1. The zero-order valence-corrected chi connectivity index (χ0v) is 14.8. The minimum atomic E-state index is -0.934. The molecule has 1 N–H and O–H groups in total. The van der Waals surface area contributed by atoms with Crippen LogP contribution in [0.15, 0.2) is 46.9 Å². The van der Waals surface area contributed by atoms with Crippen LogP contribution in [0.3, 0.4) is 0 Å². The summed E-state index contributed by atoms with van der Waals surface area (Å²) in [5.74, 6) is -0.793. The van der Waals surface area contributed by atoms with Crippen molar-refractivity contribution in [3.63, 3.8) is 0 Å². The van der Waals surface area contributed by atoms with E-state index in [0.29, 0.717) is 19.4 Å². The maximum absolute atomic E-state index is 12.5. The first-order valence-corrected chi connectivity index (χ1v) is 8.70. The number of fused-ring (bicyclic) bond motifs is 1. The van der Waals surface area contributed by atoms with Gasteiger partial charge in [0.2, 0.25) is 5.91 Å². The van der Waals surface area contributed by atoms with Crippen LogP contribution >= 0.6 is 15.9 Å². The SMILES string of the molecule is O=C(O)c1ccc(CCC(=O)N2CCc3c(Br)cccc3C2)cc1. The van der Waals surface area contributed by atoms with E-state index in [9.17, 15) is 9.59 Å². The minimum Gasteiger partial charge on any atom is -0.478 e. The minimum absolute atomic E-state index is 0.142. The van der Waals surface area contributed by atoms with Crippen molar-refractivity contribution in [2.24, 2.45) is 0 Å². The van der Waals surface area contributed by atoms with E-state index in [4.69, 9.17) is 5.11 Å². The molecule has 4 nitrogen and oxygen atoms in total. The van der Waals surface area contributed by atoms with Crippen LogP contribution in [0.25, 0.3) is 0 Å². The monoisotopic (exact) mass is 387 g/mol. The Morgan fingerprint density at radius 3 is 2.58 bits per heavy atom. The third-order valence-electron chi connectivity index (χ3n) is 4.39. The molecule has 1 amide bonds. The van der Waals surface area contributed by atoms with Crippen LogP contribution in [0.1, 0.15) is 33.5 Å². The lowest BCUT2D eigenvalue weighted by Gasteiger charge is -2.29. The van der Waals surface area contributed by atoms with Crippen molar-refractivity contribution >= 4 is 27.8 Å². The highest BCUT2D eigenvalue weighted by molar-refractivity contribution is 9.10. The zero-order valence-electron chi connectivity index (χ0n) is 13.2. The molecule has 3 rings (SSSR count). The summed E-state index contributed by atoms with van der Waals surface area (Å²) >= 11 is 3.57. The van der Waals surface area contributed by atoms with Crippen LogP contribution in [0.4, 0.5) is 0 Å². The summed E-state index contributed by atoms with van der Waals surface area (Å²) in [5, 5.41) is 8.90. The van der Waals surface area contributed by atoms with Crippen molar-refractivity contribution in [3.05, 3.63) is 69.2 Å². The number of carboxylic acids is 1. The number of carboxylic acid groups (broad SMARTS) is 1. The summed E-state index contributed by atoms with van der Waals surface area (Å²) in [6, 6.07) is 12.8. The van der Waals surface area contributed by atoms with E-state index in [2.05, 4.69) is 22.0 Å². The van der Waals surface area contributed by atoms with E-state index in [-0.39, 0.29) is 11.5 Å². The Morgan fingerprint density at radius 2 is 1.88 bits per heavy atom. The molecular formula is C19H18BrNO3. The molecule has 0 aliphatic carbocycles. The quantitative estimate of drug-likeness (QED) is 0.870. The fourth-order valence-corrected chi connectivity index (χ4v) is 3.60. The predicted octanol–water partition coefficient (Wildman–Crippen LogP) is 3.66. The van der Waals surface area contributed by atoms with Crippen LogP contribution < -0.4 is 0 Å². The first kappa shape index (κ1) is 16.7. The average Bonchev–Trinajstić information content (AvgIpc) is 2.60. The van der Waals surface area contributed by atoms with E-state index in [1.807, 2.05) is 17.0 Å². The number of halogens is 1. The van der Waals surface area contributed by atoms with Crippen molar-refractivity contribution in [2.45, 2.75) is 25.8 Å². The Hall–Kier alpha value is -2.14. The molecule has 1 aliphatic heterocycles. The van der Waals surface area contributed by atoms with Gasteiger partial charge in [-0.15, -0.1) is 0 Å². The third kappa shape index (κ3) is 3.67. The third-order valence-corrected chi connectivity index (χ3v) is 5.13. The number of amides is 1. The Bertz CT molecular complexity index is 771. The van der Waals surface area contributed by atoms with Gasteiger partial charge >= 0.3 is 5.97 Å². The Kier molecular flexibility index (Phi) is 5.00. The van der Waals surface area contributed by atoms with Crippen molar-refractivity contribution in [1.29, 1.82) is 0 Å². The van der Waals surface area contributed by atoms with E-state index >= 15 is 0 Å². The molecule has 2 aromatic carbocycles. The maximum Gasteiger partial charge on any atom is 0.335 e. The lowest BCUT2D eigenvalue weighted by Crippen LogP contribution is -2.36. The van der Waals surface area contributed by atoms with E-state index in [0.717, 1.165) is 23.0 Å². The van der Waals surface area contributed by atoms with Gasteiger partial charge in [-0.3, -0.25) is 4.79 Å². The number of hydrogen-bond acceptors (Lipinski definition) is 2. The molecule has 0 saturated carbocycles. The number of benzene rings is 2. The molecule has 5 heteroatoms. The average molecular weight is 388 g/mol. The summed E-state index contributed by atoms with van der Waals surface area (Å²) in [7, 11) is 0. The van der Waals surface area contributed by atoms with Gasteiger partial charge in [-0.05, 0) is 47.7 Å². The molecule has 2 aromatic rings. The van der Waals surface area contributed by atoms with E-state index in [1.165, 1.54) is 11.1 Å². The Labute approximate surface area is 149 Å². The van der Waals surface area contributed by atoms with Gasteiger partial charge < -0.3 is 10.0 Å². The van der Waals surface area contributed by atoms with E-state index < -0.39 is 5.97 Å². The second-order valence-corrected chi connectivity index (χ2v) is 6.80. The van der Waals surface area contributed by atoms with Crippen LogP contribution in [-0.2, 0) is 24.2 Å². The molecule has 0 saturated heterocycles. The van der Waals surface area contributed by atoms with Gasteiger partial charge in [0.05, 0.1) is 5.56 Å². The topological polar surface area (TPSA) is 57.6 Å². The highest BCUT2D eigenvalue weighted by Crippen LogP contribution is 2.26. The number of aryl methyl sites for hydroxylation is 1. The van der Waals surface area contributed by atoms with Crippen LogP contribution in [0.5, 0.6) is 0 Å². The molecule has 0 spiro atoms. The highest BCUT2D eigenvalue weighted by Gasteiger charge is 2.21. The molecule has 0 unspecified atom stereocenters. The Morgan fingerprint density at radius 1 is 1.12 bits per heavy atom. The highest BCUT2D eigenvalue weighted by atomic mass is 79.9. The lowest BCUT2D eigenvalue weighted by molar-refractivity contribution is -0.132. The number of rotatable bonds is 4. The summed E-state index contributed by atoms with van der Waals surface area (Å²) < 4.78 is 1.12. The normalized spacial score (nSPS) is 13.5. The second kappa shape index (κ2) is 7.18. The second-order valence-electron chi connectivity index (χ2n) is 5.94. The molecule has 124 valence electrons. The largest absolute Gasteiger partial charge is 0.478 e. The molecule has 1 heterocycles. The van der Waals surface area contributed by atoms with Crippen molar-refractivity contribution in [2.75, 3.05) is 6.54 Å². The van der Waals surface area contributed by atoms with Crippen molar-refractivity contribution in [3.8, 4) is 0 Å². The molecule has 0 radical (unpaired) electrons. The molecule has 0 bridgehead atoms. The van der Waals surface area contributed by atoms with Gasteiger partial charge in [-0.25, -0.2) is 4.79 Å². The van der Waals surface area contributed by atoms with Crippen LogP contribution in [0.2, 0.25) is 0 Å². The number of aromatic carboxylic acids is 1. The molecule has 0 atom stereocenters. The first-order chi connectivity index (χ1) is 11.5. The summed E-state index contributed by atoms with van der Waals surface area (Å²) in [5.41, 5.74) is 3.75. The standard InChI is InChI=1S/C19H18BrNO3/c20-17-3-1-2-15-12-21(11-10-16(15)17)18(22)9-6-13-4-7-14(8-5-13)19(23)24/h1-5,7-8H,6,9-12H2,(H,23,24). The maximum atomic E-state index is 12.5. The number of hydrogen-bond donors (Lipinski definition) is 1. The zero-order chi connectivity index (χ0) is 17.1. The molecule has 0 fully saturated rings. The Balaban J connectivity index is 1.59. The van der Waals surface area contributed by atoms with Crippen molar-refractivity contribution in [1.82, 2.24) is 4.90 Å². The number of carbonyl (C=O) groups is 2. The van der Waals surface area contributed by atoms with Gasteiger partial charge in [-0.2, -0.15) is 0 Å². The lowest BCUT2D eigenvalue weighted by atomic mass is 9.99. The fourth-order valence-electron chi connectivity index (χ4n) is 3.00. The van der Waals surface area contributed by atoms with Gasteiger partial charge in [0.15, 0.2) is 0 Å². The fraction of sp³-hybridized carbons (Fsp3) is 0.263. The summed E-state index contributed by atoms with van der Waals surface area (Å²) in [6.45, 7) is 1.40. The van der Waals surface area contributed by atoms with Gasteiger partial charge in [0.25, 0.3) is 0 Å². The van der Waals surface area contributed by atoms with Crippen molar-refractivity contribution < 1.29 is 14.7 Å². The summed E-state index contributed by atoms with van der Waals surface area (Å²) in [4.78, 5) is 25.2. The van der Waals surface area contributed by atoms with E-state index in [1.54, 1.807) is 24.3 Å². The predicted molar refractivity (Wildman–Crippen MR) is 95.0 cm³/mol. The summed E-state index contributed by atoms with van der Waals surface area (Å²) in [6.07, 6.45) is 1.94. The molecular weight excluding hydrogens is 370 g/mol. The van der Waals surface area contributed by atoms with Gasteiger partial charge in [-0.1, -0.05) is 40.2 Å².